The van der Waals surface area contributed by atoms with Gasteiger partial charge in [-0.1, -0.05) is 0 Å². The highest BCUT2D eigenvalue weighted by atomic mass is 16.5. The normalized spacial score (nSPS) is 18.3. The summed E-state index contributed by atoms with van der Waals surface area (Å²) in [6, 6.07) is 0. The monoisotopic (exact) mass is 288 g/mol. The van der Waals surface area contributed by atoms with E-state index in [1.165, 1.54) is 18.4 Å². The molecule has 0 N–H and O–H groups in total. The molecule has 3 heterocycles. The van der Waals surface area contributed by atoms with Gasteiger partial charge >= 0.3 is 0 Å². The molecule has 2 aromatic heterocycles. The molecular formula is C15H20N4O2. The molecule has 0 radical (unpaired) electrons. The summed E-state index contributed by atoms with van der Waals surface area (Å²) in [5.74, 6) is 2.49. The van der Waals surface area contributed by atoms with Gasteiger partial charge in [-0.05, 0) is 18.8 Å². The molecule has 0 atom stereocenters. The van der Waals surface area contributed by atoms with E-state index >= 15 is 0 Å². The molecular weight excluding hydrogens is 268 g/mol. The first-order valence-electron chi connectivity index (χ1n) is 7.51. The van der Waals surface area contributed by atoms with Crippen molar-refractivity contribution in [3.05, 3.63) is 35.3 Å². The van der Waals surface area contributed by atoms with Crippen LogP contribution < -0.4 is 0 Å². The Kier molecular flexibility index (Phi) is 3.27. The van der Waals surface area contributed by atoms with Crippen molar-refractivity contribution in [2.45, 2.75) is 39.1 Å². The van der Waals surface area contributed by atoms with Crippen LogP contribution in [0, 0.1) is 5.92 Å². The van der Waals surface area contributed by atoms with Crippen molar-refractivity contribution in [1.29, 1.82) is 0 Å². The Morgan fingerprint density at radius 2 is 2.29 bits per heavy atom. The molecule has 0 saturated heterocycles. The Morgan fingerprint density at radius 3 is 3.00 bits per heavy atom. The van der Waals surface area contributed by atoms with Crippen LogP contribution in [-0.2, 0) is 38.0 Å². The maximum atomic E-state index is 5.80. The van der Waals surface area contributed by atoms with Crippen LogP contribution in [0.25, 0.3) is 0 Å². The summed E-state index contributed by atoms with van der Waals surface area (Å²) in [6.07, 6.45) is 6.58. The van der Waals surface area contributed by atoms with E-state index in [0.29, 0.717) is 6.61 Å². The molecule has 0 unspecified atom stereocenters. The lowest BCUT2D eigenvalue weighted by Crippen LogP contribution is -2.16. The predicted molar refractivity (Wildman–Crippen MR) is 75.0 cm³/mol. The molecule has 21 heavy (non-hydrogen) atoms. The van der Waals surface area contributed by atoms with Crippen molar-refractivity contribution in [3.63, 3.8) is 0 Å². The number of ether oxygens (including phenoxy) is 1. The number of rotatable bonds is 6. The molecule has 0 amide bonds. The van der Waals surface area contributed by atoms with Gasteiger partial charge in [-0.15, -0.1) is 0 Å². The lowest BCUT2D eigenvalue weighted by atomic mass is 10.3. The van der Waals surface area contributed by atoms with E-state index in [1.807, 2.05) is 24.1 Å². The first kappa shape index (κ1) is 13.0. The van der Waals surface area contributed by atoms with Gasteiger partial charge in [-0.3, -0.25) is 9.58 Å². The third kappa shape index (κ3) is 3.01. The van der Waals surface area contributed by atoms with Crippen LogP contribution in [0.2, 0.25) is 0 Å². The molecule has 0 aromatic carbocycles. The van der Waals surface area contributed by atoms with Crippen molar-refractivity contribution in [3.8, 4) is 0 Å². The van der Waals surface area contributed by atoms with E-state index in [2.05, 4.69) is 15.0 Å². The van der Waals surface area contributed by atoms with Crippen LogP contribution in [0.15, 0.2) is 16.8 Å². The predicted octanol–water partition coefficient (Wildman–Crippen LogP) is 1.85. The highest BCUT2D eigenvalue weighted by molar-refractivity contribution is 5.16. The number of aryl methyl sites for hydroxylation is 1. The minimum Gasteiger partial charge on any atom is -0.441 e. The molecule has 6 heteroatoms. The number of hydrogen-bond acceptors (Lipinski definition) is 5. The maximum absolute atomic E-state index is 5.80. The summed E-state index contributed by atoms with van der Waals surface area (Å²) in [6.45, 7) is 3.90. The van der Waals surface area contributed by atoms with E-state index in [0.717, 1.165) is 49.5 Å². The second kappa shape index (κ2) is 5.27. The van der Waals surface area contributed by atoms with E-state index in [9.17, 15) is 0 Å². The highest BCUT2D eigenvalue weighted by Gasteiger charge is 2.26. The van der Waals surface area contributed by atoms with Gasteiger partial charge in [0.1, 0.15) is 12.4 Å². The van der Waals surface area contributed by atoms with Crippen LogP contribution in [0.3, 0.4) is 0 Å². The molecule has 2 aromatic rings. The summed E-state index contributed by atoms with van der Waals surface area (Å²) in [5, 5.41) is 4.20. The Morgan fingerprint density at radius 1 is 1.38 bits per heavy atom. The Bertz CT molecular complexity index is 606. The van der Waals surface area contributed by atoms with Gasteiger partial charge in [-0.2, -0.15) is 5.10 Å². The van der Waals surface area contributed by atoms with Gasteiger partial charge < -0.3 is 9.15 Å². The standard InChI is InChI=1S/C15H20N4O2/c1-18-5-12(4-16-18)6-19-7-13-14(8-19)21-15(17-13)10-20-9-11-2-3-11/h4-5,11H,2-3,6-10H2,1H3. The number of oxazole rings is 1. The molecule has 1 saturated carbocycles. The number of aromatic nitrogens is 3. The second-order valence-corrected chi connectivity index (χ2v) is 6.10. The average molecular weight is 288 g/mol. The van der Waals surface area contributed by atoms with Gasteiger partial charge in [0.2, 0.25) is 5.89 Å². The van der Waals surface area contributed by atoms with Crippen LogP contribution >= 0.6 is 0 Å². The molecule has 2 aliphatic rings. The lowest BCUT2D eigenvalue weighted by molar-refractivity contribution is 0.0917. The molecule has 112 valence electrons. The zero-order valence-electron chi connectivity index (χ0n) is 12.3. The van der Waals surface area contributed by atoms with E-state index in [4.69, 9.17) is 9.15 Å². The maximum Gasteiger partial charge on any atom is 0.220 e. The van der Waals surface area contributed by atoms with E-state index in [-0.39, 0.29) is 0 Å². The summed E-state index contributed by atoms with van der Waals surface area (Å²) in [5.41, 5.74) is 2.28. The lowest BCUT2D eigenvalue weighted by Gasteiger charge is -2.12. The summed E-state index contributed by atoms with van der Waals surface area (Å²) < 4.78 is 13.3. The third-order valence-electron chi connectivity index (χ3n) is 4.00. The largest absolute Gasteiger partial charge is 0.441 e. The van der Waals surface area contributed by atoms with Crippen molar-refractivity contribution in [1.82, 2.24) is 19.7 Å². The van der Waals surface area contributed by atoms with E-state index < -0.39 is 0 Å². The SMILES string of the molecule is Cn1cc(CN2Cc3nc(COCC4CC4)oc3C2)cn1. The van der Waals surface area contributed by atoms with Crippen molar-refractivity contribution >= 4 is 0 Å². The van der Waals surface area contributed by atoms with Gasteiger partial charge in [0.15, 0.2) is 0 Å². The Balaban J connectivity index is 1.31. The topological polar surface area (TPSA) is 56.3 Å². The number of hydrogen-bond donors (Lipinski definition) is 0. The zero-order valence-corrected chi connectivity index (χ0v) is 12.3. The van der Waals surface area contributed by atoms with E-state index in [1.54, 1.807) is 0 Å². The third-order valence-corrected chi connectivity index (χ3v) is 4.00. The quantitative estimate of drug-likeness (QED) is 0.812. The molecule has 1 aliphatic heterocycles. The fourth-order valence-electron chi connectivity index (χ4n) is 2.74. The van der Waals surface area contributed by atoms with Crippen molar-refractivity contribution < 1.29 is 9.15 Å². The average Bonchev–Trinajstić information content (AvgIpc) is 2.88. The van der Waals surface area contributed by atoms with Gasteiger partial charge in [0, 0.05) is 31.9 Å². The van der Waals surface area contributed by atoms with Crippen LogP contribution in [0.4, 0.5) is 0 Å². The molecule has 0 bridgehead atoms. The van der Waals surface area contributed by atoms with Gasteiger partial charge in [0.05, 0.1) is 25.0 Å². The molecule has 0 spiro atoms. The van der Waals surface area contributed by atoms with Crippen LogP contribution in [-0.4, -0.2) is 26.3 Å². The second-order valence-electron chi connectivity index (χ2n) is 6.10. The fourth-order valence-corrected chi connectivity index (χ4v) is 2.74. The summed E-state index contributed by atoms with van der Waals surface area (Å²) in [7, 11) is 1.94. The molecule has 1 aliphatic carbocycles. The van der Waals surface area contributed by atoms with Crippen LogP contribution in [0.5, 0.6) is 0 Å². The molecule has 4 rings (SSSR count). The highest BCUT2D eigenvalue weighted by Crippen LogP contribution is 2.29. The van der Waals surface area contributed by atoms with Crippen molar-refractivity contribution in [2.75, 3.05) is 6.61 Å². The first-order chi connectivity index (χ1) is 10.3. The van der Waals surface area contributed by atoms with Gasteiger partial charge in [-0.25, -0.2) is 4.98 Å². The summed E-state index contributed by atoms with van der Waals surface area (Å²) in [4.78, 5) is 6.86. The van der Waals surface area contributed by atoms with Crippen LogP contribution in [0.1, 0.15) is 35.7 Å². The summed E-state index contributed by atoms with van der Waals surface area (Å²) >= 11 is 0. The smallest absolute Gasteiger partial charge is 0.220 e. The minimum absolute atomic E-state index is 0.506. The van der Waals surface area contributed by atoms with Gasteiger partial charge in [0.25, 0.3) is 0 Å². The molecule has 6 nitrogen and oxygen atoms in total. The Labute approximate surface area is 123 Å². The number of fused-ring (bicyclic) bond motifs is 1. The van der Waals surface area contributed by atoms with Crippen molar-refractivity contribution in [2.24, 2.45) is 13.0 Å². The molecule has 1 fully saturated rings. The fraction of sp³-hybridized carbons (Fsp3) is 0.600. The minimum atomic E-state index is 0.506. The first-order valence-corrected chi connectivity index (χ1v) is 7.51. The zero-order chi connectivity index (χ0) is 14.2. The number of nitrogens with zero attached hydrogens (tertiary/aromatic N) is 4. The Hall–Kier alpha value is -1.66.